The van der Waals surface area contributed by atoms with Crippen LogP contribution in [0.2, 0.25) is 0 Å². The van der Waals surface area contributed by atoms with Gasteiger partial charge in [0.1, 0.15) is 12.3 Å². The molecule has 0 saturated heterocycles. The summed E-state index contributed by atoms with van der Waals surface area (Å²) in [5, 5.41) is 15.6. The Kier molecular flexibility index (Phi) is 8.76. The third kappa shape index (κ3) is 6.18. The number of sulfonamides is 1. The molecule has 4 aromatic rings. The van der Waals surface area contributed by atoms with Crippen LogP contribution in [0.15, 0.2) is 82.8 Å². The molecule has 1 amide bonds. The van der Waals surface area contributed by atoms with Crippen LogP contribution in [0.3, 0.4) is 0 Å². The van der Waals surface area contributed by atoms with E-state index in [4.69, 9.17) is 4.74 Å². The quantitative estimate of drug-likeness (QED) is 0.158. The van der Waals surface area contributed by atoms with Crippen molar-refractivity contribution in [3.63, 3.8) is 0 Å². The van der Waals surface area contributed by atoms with Gasteiger partial charge < -0.3 is 9.30 Å². The van der Waals surface area contributed by atoms with Gasteiger partial charge in [0.15, 0.2) is 0 Å². The largest absolute Gasteiger partial charge is 0.497 e. The van der Waals surface area contributed by atoms with Gasteiger partial charge in [0.05, 0.1) is 28.8 Å². The molecule has 4 rings (SSSR count). The van der Waals surface area contributed by atoms with Crippen molar-refractivity contribution < 1.29 is 22.9 Å². The van der Waals surface area contributed by atoms with Crippen LogP contribution in [0.4, 0.5) is 11.4 Å². The first-order valence-electron chi connectivity index (χ1n) is 12.9. The number of nitro benzene ring substituents is 1. The van der Waals surface area contributed by atoms with Gasteiger partial charge in [0.2, 0.25) is 0 Å². The van der Waals surface area contributed by atoms with Gasteiger partial charge in [-0.05, 0) is 75.7 Å². The van der Waals surface area contributed by atoms with Crippen LogP contribution in [-0.4, -0.2) is 43.7 Å². The third-order valence-corrected chi connectivity index (χ3v) is 8.60. The molecule has 0 atom stereocenters. The van der Waals surface area contributed by atoms with E-state index in [9.17, 15) is 23.3 Å². The fraction of sp³-hybridized carbons (Fsp3) is 0.200. The van der Waals surface area contributed by atoms with E-state index < -0.39 is 27.4 Å². The number of benzene rings is 3. The van der Waals surface area contributed by atoms with Crippen molar-refractivity contribution in [2.45, 2.75) is 32.6 Å². The number of carbonyl (C=O) groups is 1. The standard InChI is InChI=1S/C30H31N5O6S/c1-20-8-6-7-9-28(20)34-22(3)16-24(23(34)4)18-31-32-30(36)19-33(25-11-13-26(41-5)14-12-25)42(39,40)27-15-10-21(2)29(17-27)35(37)38/h6-18H,19H2,1-5H3,(H,32,36)/b31-18+. The average molecular weight is 590 g/mol. The van der Waals surface area contributed by atoms with Gasteiger partial charge in [-0.2, -0.15) is 5.10 Å². The SMILES string of the molecule is COc1ccc(N(CC(=O)N/N=C/c2cc(C)n(-c3ccccc3C)c2C)S(=O)(=O)c2ccc(C)c([N+](=O)[O-])c2)cc1. The lowest BCUT2D eigenvalue weighted by atomic mass is 10.2. The Morgan fingerprint density at radius 2 is 1.71 bits per heavy atom. The molecule has 3 aromatic carbocycles. The van der Waals surface area contributed by atoms with Gasteiger partial charge in [-0.25, -0.2) is 13.8 Å². The minimum Gasteiger partial charge on any atom is -0.497 e. The van der Waals surface area contributed by atoms with Crippen LogP contribution >= 0.6 is 0 Å². The first-order chi connectivity index (χ1) is 19.9. The smallest absolute Gasteiger partial charge is 0.273 e. The zero-order chi connectivity index (χ0) is 30.6. The summed E-state index contributed by atoms with van der Waals surface area (Å²) in [6.07, 6.45) is 1.50. The Morgan fingerprint density at radius 3 is 2.36 bits per heavy atom. The second-order valence-electron chi connectivity index (χ2n) is 9.66. The normalized spacial score (nSPS) is 11.5. The van der Waals surface area contributed by atoms with Crippen LogP contribution in [-0.2, 0) is 14.8 Å². The maximum Gasteiger partial charge on any atom is 0.273 e. The highest BCUT2D eigenvalue weighted by molar-refractivity contribution is 7.92. The van der Waals surface area contributed by atoms with E-state index in [1.54, 1.807) is 12.1 Å². The van der Waals surface area contributed by atoms with Crippen LogP contribution in [0.1, 0.15) is 28.1 Å². The van der Waals surface area contributed by atoms with Crippen molar-refractivity contribution >= 4 is 33.5 Å². The molecule has 0 aliphatic heterocycles. The van der Waals surface area contributed by atoms with Crippen molar-refractivity contribution in [2.75, 3.05) is 18.0 Å². The molecular formula is C30H31N5O6S. The summed E-state index contributed by atoms with van der Waals surface area (Å²) >= 11 is 0. The predicted molar refractivity (Wildman–Crippen MR) is 161 cm³/mol. The molecule has 12 heteroatoms. The zero-order valence-corrected chi connectivity index (χ0v) is 24.7. The summed E-state index contributed by atoms with van der Waals surface area (Å²) in [5.41, 5.74) is 7.36. The lowest BCUT2D eigenvalue weighted by molar-refractivity contribution is -0.385. The Balaban J connectivity index is 1.61. The van der Waals surface area contributed by atoms with Crippen molar-refractivity contribution in [3.05, 3.63) is 111 Å². The molecule has 0 bridgehead atoms. The number of amides is 1. The van der Waals surface area contributed by atoms with E-state index in [1.807, 2.05) is 51.1 Å². The molecule has 0 aliphatic carbocycles. The van der Waals surface area contributed by atoms with E-state index in [0.717, 1.165) is 38.6 Å². The van der Waals surface area contributed by atoms with Gasteiger partial charge in [-0.3, -0.25) is 19.2 Å². The second kappa shape index (κ2) is 12.3. The number of nitro groups is 1. The number of hydrazone groups is 1. The van der Waals surface area contributed by atoms with Gasteiger partial charge in [0.25, 0.3) is 21.6 Å². The van der Waals surface area contributed by atoms with Gasteiger partial charge in [-0.15, -0.1) is 0 Å². The van der Waals surface area contributed by atoms with Crippen LogP contribution in [0.5, 0.6) is 5.75 Å². The fourth-order valence-electron chi connectivity index (χ4n) is 4.58. The van der Waals surface area contributed by atoms with Crippen molar-refractivity contribution in [2.24, 2.45) is 5.10 Å². The van der Waals surface area contributed by atoms with Gasteiger partial charge >= 0.3 is 0 Å². The third-order valence-electron chi connectivity index (χ3n) is 6.83. The molecule has 0 unspecified atom stereocenters. The number of hydrogen-bond acceptors (Lipinski definition) is 7. The number of rotatable bonds is 10. The lowest BCUT2D eigenvalue weighted by Gasteiger charge is -2.24. The molecule has 0 spiro atoms. The summed E-state index contributed by atoms with van der Waals surface area (Å²) in [5.74, 6) is -0.223. The molecule has 0 saturated carbocycles. The van der Waals surface area contributed by atoms with E-state index in [0.29, 0.717) is 11.3 Å². The molecule has 1 N–H and O–H groups in total. The minimum absolute atomic E-state index is 0.167. The second-order valence-corrected chi connectivity index (χ2v) is 11.5. The number of hydrogen-bond donors (Lipinski definition) is 1. The van der Waals surface area contributed by atoms with E-state index in [-0.39, 0.29) is 16.3 Å². The number of ether oxygens (including phenoxy) is 1. The maximum atomic E-state index is 13.7. The summed E-state index contributed by atoms with van der Waals surface area (Å²) in [6, 6.07) is 19.6. The van der Waals surface area contributed by atoms with Crippen LogP contribution < -0.4 is 14.5 Å². The Hall–Kier alpha value is -4.97. The molecular weight excluding hydrogens is 558 g/mol. The summed E-state index contributed by atoms with van der Waals surface area (Å²) in [7, 11) is -2.92. The number of aromatic nitrogens is 1. The predicted octanol–water partition coefficient (Wildman–Crippen LogP) is 4.97. The van der Waals surface area contributed by atoms with E-state index in [1.165, 1.54) is 44.5 Å². The van der Waals surface area contributed by atoms with Crippen molar-refractivity contribution in [1.29, 1.82) is 0 Å². The Labute approximate surface area is 244 Å². The van der Waals surface area contributed by atoms with Crippen LogP contribution in [0, 0.1) is 37.8 Å². The number of anilines is 1. The molecule has 1 aromatic heterocycles. The highest BCUT2D eigenvalue weighted by atomic mass is 32.2. The van der Waals surface area contributed by atoms with Crippen LogP contribution in [0.25, 0.3) is 5.69 Å². The maximum absolute atomic E-state index is 13.7. The molecule has 11 nitrogen and oxygen atoms in total. The molecule has 0 radical (unpaired) electrons. The molecule has 218 valence electrons. The molecule has 42 heavy (non-hydrogen) atoms. The zero-order valence-electron chi connectivity index (χ0n) is 23.9. The Bertz CT molecular complexity index is 1780. The first kappa shape index (κ1) is 30.0. The molecule has 0 fully saturated rings. The highest BCUT2D eigenvalue weighted by Crippen LogP contribution is 2.29. The van der Waals surface area contributed by atoms with E-state index in [2.05, 4.69) is 15.1 Å². The van der Waals surface area contributed by atoms with Gasteiger partial charge in [-0.1, -0.05) is 24.3 Å². The van der Waals surface area contributed by atoms with Crippen molar-refractivity contribution in [1.82, 2.24) is 9.99 Å². The lowest BCUT2D eigenvalue weighted by Crippen LogP contribution is -2.39. The monoisotopic (exact) mass is 589 g/mol. The summed E-state index contributed by atoms with van der Waals surface area (Å²) < 4.78 is 35.5. The first-order valence-corrected chi connectivity index (χ1v) is 14.4. The molecule has 1 heterocycles. The van der Waals surface area contributed by atoms with Crippen molar-refractivity contribution in [3.8, 4) is 11.4 Å². The van der Waals surface area contributed by atoms with E-state index >= 15 is 0 Å². The number of aryl methyl sites for hydroxylation is 3. The number of nitrogens with zero attached hydrogens (tertiary/aromatic N) is 4. The topological polar surface area (TPSA) is 136 Å². The number of carbonyl (C=O) groups excluding carboxylic acids is 1. The summed E-state index contributed by atoms with van der Waals surface area (Å²) in [6.45, 7) is 6.83. The average Bonchev–Trinajstić information content (AvgIpc) is 3.24. The number of para-hydroxylation sites is 1. The highest BCUT2D eigenvalue weighted by Gasteiger charge is 2.29. The number of methoxy groups -OCH3 is 1. The van der Waals surface area contributed by atoms with Gasteiger partial charge in [0, 0.05) is 34.3 Å². The minimum atomic E-state index is -4.39. The summed E-state index contributed by atoms with van der Waals surface area (Å²) in [4.78, 5) is 23.5. The Morgan fingerprint density at radius 1 is 1.02 bits per heavy atom. The fourth-order valence-corrected chi connectivity index (χ4v) is 6.02. The molecule has 0 aliphatic rings. The number of nitrogens with one attached hydrogen (secondary N) is 1.